The van der Waals surface area contributed by atoms with Gasteiger partial charge in [-0.3, -0.25) is 0 Å². The van der Waals surface area contributed by atoms with Crippen molar-refractivity contribution in [1.29, 1.82) is 5.26 Å². The van der Waals surface area contributed by atoms with Gasteiger partial charge in [0.25, 0.3) is 0 Å². The maximum atomic E-state index is 13.0. The third-order valence-electron chi connectivity index (χ3n) is 2.73. The van der Waals surface area contributed by atoms with E-state index in [1.54, 1.807) is 12.1 Å². The SMILES string of the molecule is Cc1cc(C#N)ccc1NCc1cccc(F)c1. The van der Waals surface area contributed by atoms with Crippen LogP contribution in [0.1, 0.15) is 16.7 Å². The quantitative estimate of drug-likeness (QED) is 0.889. The number of hydrogen-bond donors (Lipinski definition) is 1. The van der Waals surface area contributed by atoms with E-state index in [0.717, 1.165) is 16.8 Å². The lowest BCUT2D eigenvalue weighted by atomic mass is 10.1. The first-order valence-corrected chi connectivity index (χ1v) is 5.68. The molecule has 2 aromatic rings. The third kappa shape index (κ3) is 2.86. The van der Waals surface area contributed by atoms with Gasteiger partial charge in [-0.15, -0.1) is 0 Å². The molecule has 3 heteroatoms. The van der Waals surface area contributed by atoms with Crippen LogP contribution in [0.3, 0.4) is 0 Å². The van der Waals surface area contributed by atoms with Crippen LogP contribution in [-0.4, -0.2) is 0 Å². The van der Waals surface area contributed by atoms with Crippen molar-refractivity contribution in [2.45, 2.75) is 13.5 Å². The van der Waals surface area contributed by atoms with Gasteiger partial charge in [-0.25, -0.2) is 4.39 Å². The molecule has 2 rings (SSSR count). The van der Waals surface area contributed by atoms with Gasteiger partial charge in [0.2, 0.25) is 0 Å². The van der Waals surface area contributed by atoms with Crippen molar-refractivity contribution >= 4 is 5.69 Å². The lowest BCUT2D eigenvalue weighted by molar-refractivity contribution is 0.626. The van der Waals surface area contributed by atoms with E-state index in [0.29, 0.717) is 12.1 Å². The zero-order valence-electron chi connectivity index (χ0n) is 10.1. The van der Waals surface area contributed by atoms with E-state index in [2.05, 4.69) is 11.4 Å². The van der Waals surface area contributed by atoms with Crippen LogP contribution < -0.4 is 5.32 Å². The molecule has 0 aromatic heterocycles. The lowest BCUT2D eigenvalue weighted by Gasteiger charge is -2.09. The maximum absolute atomic E-state index is 13.0. The number of aryl methyl sites for hydroxylation is 1. The molecule has 0 saturated heterocycles. The number of nitrogens with one attached hydrogen (secondary N) is 1. The molecule has 1 N–H and O–H groups in total. The number of benzene rings is 2. The second kappa shape index (κ2) is 5.33. The average Bonchev–Trinajstić information content (AvgIpc) is 2.37. The fourth-order valence-electron chi connectivity index (χ4n) is 1.78. The first kappa shape index (κ1) is 12.1. The highest BCUT2D eigenvalue weighted by atomic mass is 19.1. The fourth-order valence-corrected chi connectivity index (χ4v) is 1.78. The number of anilines is 1. The molecule has 0 saturated carbocycles. The van der Waals surface area contributed by atoms with Crippen molar-refractivity contribution in [3.63, 3.8) is 0 Å². The summed E-state index contributed by atoms with van der Waals surface area (Å²) in [6.45, 7) is 2.50. The summed E-state index contributed by atoms with van der Waals surface area (Å²) in [6, 6.07) is 14.1. The minimum absolute atomic E-state index is 0.231. The number of hydrogen-bond acceptors (Lipinski definition) is 2. The van der Waals surface area contributed by atoms with Gasteiger partial charge in [0.1, 0.15) is 5.82 Å². The molecule has 0 aliphatic heterocycles. The van der Waals surface area contributed by atoms with Crippen LogP contribution in [0.4, 0.5) is 10.1 Å². The minimum Gasteiger partial charge on any atom is -0.381 e. The summed E-state index contributed by atoms with van der Waals surface area (Å²) in [5, 5.41) is 12.0. The Hall–Kier alpha value is -2.34. The zero-order chi connectivity index (χ0) is 13.0. The lowest BCUT2D eigenvalue weighted by Crippen LogP contribution is -2.01. The van der Waals surface area contributed by atoms with Crippen molar-refractivity contribution < 1.29 is 4.39 Å². The largest absolute Gasteiger partial charge is 0.381 e. The highest BCUT2D eigenvalue weighted by Crippen LogP contribution is 2.17. The summed E-state index contributed by atoms with van der Waals surface area (Å²) >= 11 is 0. The van der Waals surface area contributed by atoms with Crippen molar-refractivity contribution in [3.8, 4) is 6.07 Å². The Balaban J connectivity index is 2.09. The highest BCUT2D eigenvalue weighted by Gasteiger charge is 2.00. The molecule has 0 spiro atoms. The first-order chi connectivity index (χ1) is 8.69. The Labute approximate surface area is 106 Å². The molecule has 18 heavy (non-hydrogen) atoms. The molecule has 0 atom stereocenters. The number of nitriles is 1. The van der Waals surface area contributed by atoms with Gasteiger partial charge in [0.05, 0.1) is 11.6 Å². The molecule has 0 radical (unpaired) electrons. The van der Waals surface area contributed by atoms with Gasteiger partial charge >= 0.3 is 0 Å². The summed E-state index contributed by atoms with van der Waals surface area (Å²) in [7, 11) is 0. The summed E-state index contributed by atoms with van der Waals surface area (Å²) in [5.74, 6) is -0.231. The van der Waals surface area contributed by atoms with Gasteiger partial charge in [0, 0.05) is 12.2 Å². The summed E-state index contributed by atoms with van der Waals surface area (Å²) in [5.41, 5.74) is 3.49. The van der Waals surface area contributed by atoms with Crippen LogP contribution in [0, 0.1) is 24.1 Å². The predicted octanol–water partition coefficient (Wildman–Crippen LogP) is 3.62. The highest BCUT2D eigenvalue weighted by molar-refractivity contribution is 5.54. The van der Waals surface area contributed by atoms with Gasteiger partial charge in [-0.05, 0) is 48.4 Å². The predicted molar refractivity (Wildman–Crippen MR) is 69.6 cm³/mol. The summed E-state index contributed by atoms with van der Waals surface area (Å²) < 4.78 is 13.0. The average molecular weight is 240 g/mol. The third-order valence-corrected chi connectivity index (χ3v) is 2.73. The molecular formula is C15H13FN2. The van der Waals surface area contributed by atoms with Crippen LogP contribution in [-0.2, 0) is 6.54 Å². The Morgan fingerprint density at radius 2 is 2.06 bits per heavy atom. The standard InChI is InChI=1S/C15H13FN2/c1-11-7-12(9-17)5-6-15(11)18-10-13-3-2-4-14(16)8-13/h2-8,18H,10H2,1H3. The Morgan fingerprint density at radius 1 is 1.22 bits per heavy atom. The van der Waals surface area contributed by atoms with Crippen LogP contribution in [0.5, 0.6) is 0 Å². The number of nitrogens with zero attached hydrogens (tertiary/aromatic N) is 1. The van der Waals surface area contributed by atoms with Gasteiger partial charge < -0.3 is 5.32 Å². The smallest absolute Gasteiger partial charge is 0.123 e. The molecule has 2 nitrogen and oxygen atoms in total. The van der Waals surface area contributed by atoms with Crippen LogP contribution in [0.25, 0.3) is 0 Å². The Morgan fingerprint density at radius 3 is 2.72 bits per heavy atom. The van der Waals surface area contributed by atoms with Crippen LogP contribution >= 0.6 is 0 Å². The molecule has 0 heterocycles. The maximum Gasteiger partial charge on any atom is 0.123 e. The fraction of sp³-hybridized carbons (Fsp3) is 0.133. The van der Waals surface area contributed by atoms with E-state index < -0.39 is 0 Å². The number of halogens is 1. The van der Waals surface area contributed by atoms with Gasteiger partial charge in [-0.2, -0.15) is 5.26 Å². The van der Waals surface area contributed by atoms with Crippen molar-refractivity contribution in [3.05, 3.63) is 65.0 Å². The van der Waals surface area contributed by atoms with E-state index in [9.17, 15) is 4.39 Å². The molecule has 0 fully saturated rings. The molecule has 0 aliphatic rings. The zero-order valence-corrected chi connectivity index (χ0v) is 10.1. The summed E-state index contributed by atoms with van der Waals surface area (Å²) in [4.78, 5) is 0. The Bertz CT molecular complexity index is 600. The van der Waals surface area contributed by atoms with E-state index >= 15 is 0 Å². The second-order valence-electron chi connectivity index (χ2n) is 4.12. The van der Waals surface area contributed by atoms with Crippen LogP contribution in [0.2, 0.25) is 0 Å². The summed E-state index contributed by atoms with van der Waals surface area (Å²) in [6.07, 6.45) is 0. The van der Waals surface area contributed by atoms with E-state index in [-0.39, 0.29) is 5.82 Å². The molecule has 90 valence electrons. The first-order valence-electron chi connectivity index (χ1n) is 5.68. The molecule has 0 amide bonds. The van der Waals surface area contributed by atoms with E-state index in [4.69, 9.17) is 5.26 Å². The molecular weight excluding hydrogens is 227 g/mol. The van der Waals surface area contributed by atoms with Crippen molar-refractivity contribution in [2.24, 2.45) is 0 Å². The van der Waals surface area contributed by atoms with E-state index in [1.165, 1.54) is 12.1 Å². The molecule has 0 unspecified atom stereocenters. The topological polar surface area (TPSA) is 35.8 Å². The molecule has 0 aliphatic carbocycles. The van der Waals surface area contributed by atoms with Crippen molar-refractivity contribution in [1.82, 2.24) is 0 Å². The number of rotatable bonds is 3. The van der Waals surface area contributed by atoms with Crippen LogP contribution in [0.15, 0.2) is 42.5 Å². The van der Waals surface area contributed by atoms with Gasteiger partial charge in [-0.1, -0.05) is 12.1 Å². The normalized spacial score (nSPS) is 9.83. The molecule has 2 aromatic carbocycles. The second-order valence-corrected chi connectivity index (χ2v) is 4.12. The van der Waals surface area contributed by atoms with Crippen molar-refractivity contribution in [2.75, 3.05) is 5.32 Å². The minimum atomic E-state index is -0.231. The monoisotopic (exact) mass is 240 g/mol. The van der Waals surface area contributed by atoms with Gasteiger partial charge in [0.15, 0.2) is 0 Å². The molecule has 0 bridgehead atoms. The van der Waals surface area contributed by atoms with E-state index in [1.807, 2.05) is 25.1 Å². The Kier molecular flexibility index (Phi) is 3.59.